The first-order valence-corrected chi connectivity index (χ1v) is 5.90. The van der Waals surface area contributed by atoms with Crippen molar-refractivity contribution in [2.45, 2.75) is 54.4 Å². The monoisotopic (exact) mass is 206 g/mol. The highest BCUT2D eigenvalue weighted by Gasteiger charge is 2.13. The van der Waals surface area contributed by atoms with E-state index in [-0.39, 0.29) is 5.41 Å². The molecule has 0 atom stereocenters. The Morgan fingerprint density at radius 2 is 1.80 bits per heavy atom. The van der Waals surface area contributed by atoms with E-state index in [1.54, 1.807) is 0 Å². The summed E-state index contributed by atoms with van der Waals surface area (Å²) in [5, 5.41) is 0. The SMILES string of the molecule is C/C=C(\C)C/C=C\C(=C/CC)C(C)(C)C. The molecule has 0 aliphatic heterocycles. The fourth-order valence-corrected chi connectivity index (χ4v) is 1.33. The van der Waals surface area contributed by atoms with Crippen molar-refractivity contribution in [3.63, 3.8) is 0 Å². The maximum atomic E-state index is 2.32. The molecule has 0 unspecified atom stereocenters. The number of rotatable bonds is 4. The van der Waals surface area contributed by atoms with Crippen LogP contribution in [-0.2, 0) is 0 Å². The van der Waals surface area contributed by atoms with E-state index >= 15 is 0 Å². The Morgan fingerprint density at radius 3 is 2.20 bits per heavy atom. The summed E-state index contributed by atoms with van der Waals surface area (Å²) in [7, 11) is 0. The Hall–Kier alpha value is -0.780. The van der Waals surface area contributed by atoms with Crippen LogP contribution in [-0.4, -0.2) is 0 Å². The fourth-order valence-electron chi connectivity index (χ4n) is 1.33. The average molecular weight is 206 g/mol. The fraction of sp³-hybridized carbons (Fsp3) is 0.600. The van der Waals surface area contributed by atoms with Crippen LogP contribution in [0.2, 0.25) is 0 Å². The van der Waals surface area contributed by atoms with Crippen LogP contribution >= 0.6 is 0 Å². The van der Waals surface area contributed by atoms with Gasteiger partial charge in [-0.3, -0.25) is 0 Å². The molecule has 0 saturated carbocycles. The van der Waals surface area contributed by atoms with Crippen molar-refractivity contribution < 1.29 is 0 Å². The van der Waals surface area contributed by atoms with Crippen LogP contribution in [0.15, 0.2) is 35.5 Å². The van der Waals surface area contributed by atoms with Gasteiger partial charge in [-0.1, -0.05) is 57.6 Å². The summed E-state index contributed by atoms with van der Waals surface area (Å²) in [6, 6.07) is 0. The molecule has 0 fully saturated rings. The van der Waals surface area contributed by atoms with Gasteiger partial charge in [-0.05, 0) is 37.7 Å². The van der Waals surface area contributed by atoms with E-state index in [0.29, 0.717) is 0 Å². The standard InChI is InChI=1S/C15H26/c1-7-10-14(15(4,5)6)12-9-11-13(3)8-2/h8-10,12H,7,11H2,1-6H3/b12-9-,13-8+,14-10+. The molecule has 0 heterocycles. The maximum Gasteiger partial charge on any atom is -0.0135 e. The molecule has 0 saturated heterocycles. The highest BCUT2D eigenvalue weighted by Crippen LogP contribution is 2.26. The highest BCUT2D eigenvalue weighted by atomic mass is 14.2. The van der Waals surface area contributed by atoms with E-state index in [0.717, 1.165) is 12.8 Å². The van der Waals surface area contributed by atoms with Gasteiger partial charge >= 0.3 is 0 Å². The van der Waals surface area contributed by atoms with E-state index < -0.39 is 0 Å². The lowest BCUT2D eigenvalue weighted by Gasteiger charge is -2.20. The van der Waals surface area contributed by atoms with E-state index in [1.165, 1.54) is 11.1 Å². The van der Waals surface area contributed by atoms with Gasteiger partial charge in [0.15, 0.2) is 0 Å². The predicted molar refractivity (Wildman–Crippen MR) is 71.0 cm³/mol. The first-order chi connectivity index (χ1) is 6.91. The largest absolute Gasteiger partial charge is 0.0884 e. The predicted octanol–water partition coefficient (Wildman–Crippen LogP) is 5.28. The Labute approximate surface area is 95.8 Å². The van der Waals surface area contributed by atoms with Gasteiger partial charge in [0.1, 0.15) is 0 Å². The molecular formula is C15H26. The van der Waals surface area contributed by atoms with Crippen molar-refractivity contribution in [3.05, 3.63) is 35.5 Å². The van der Waals surface area contributed by atoms with Crippen molar-refractivity contribution in [2.75, 3.05) is 0 Å². The average Bonchev–Trinajstić information content (AvgIpc) is 2.14. The molecule has 0 N–H and O–H groups in total. The van der Waals surface area contributed by atoms with Crippen LogP contribution in [0, 0.1) is 5.41 Å². The second-order valence-electron chi connectivity index (χ2n) is 5.06. The van der Waals surface area contributed by atoms with Crippen LogP contribution in [0.4, 0.5) is 0 Å². The molecule has 0 aliphatic rings. The van der Waals surface area contributed by atoms with Crippen LogP contribution < -0.4 is 0 Å². The lowest BCUT2D eigenvalue weighted by atomic mass is 9.85. The zero-order valence-corrected chi connectivity index (χ0v) is 11.2. The molecule has 0 nitrogen and oxygen atoms in total. The lowest BCUT2D eigenvalue weighted by Crippen LogP contribution is -2.07. The van der Waals surface area contributed by atoms with Crippen LogP contribution in [0.5, 0.6) is 0 Å². The van der Waals surface area contributed by atoms with Crippen molar-refractivity contribution in [3.8, 4) is 0 Å². The molecular weight excluding hydrogens is 180 g/mol. The van der Waals surface area contributed by atoms with Gasteiger partial charge in [-0.15, -0.1) is 0 Å². The van der Waals surface area contributed by atoms with Gasteiger partial charge in [-0.25, -0.2) is 0 Å². The molecule has 0 amide bonds. The second kappa shape index (κ2) is 6.66. The quantitative estimate of drug-likeness (QED) is 0.433. The molecule has 0 aromatic heterocycles. The Morgan fingerprint density at radius 1 is 1.20 bits per heavy atom. The minimum absolute atomic E-state index is 0.260. The molecule has 0 aromatic rings. The molecule has 0 aromatic carbocycles. The summed E-state index contributed by atoms with van der Waals surface area (Å²) in [5.74, 6) is 0. The third-order valence-corrected chi connectivity index (χ3v) is 2.52. The Bertz CT molecular complexity index is 256. The van der Waals surface area contributed by atoms with Gasteiger partial charge in [0.25, 0.3) is 0 Å². The zero-order chi connectivity index (χ0) is 11.9. The van der Waals surface area contributed by atoms with Crippen LogP contribution in [0.1, 0.15) is 54.4 Å². The Balaban J connectivity index is 4.51. The highest BCUT2D eigenvalue weighted by molar-refractivity contribution is 5.25. The molecule has 0 heteroatoms. The molecule has 15 heavy (non-hydrogen) atoms. The van der Waals surface area contributed by atoms with Gasteiger partial charge in [0.05, 0.1) is 0 Å². The van der Waals surface area contributed by atoms with E-state index in [1.807, 2.05) is 0 Å². The lowest BCUT2D eigenvalue weighted by molar-refractivity contribution is 0.515. The summed E-state index contributed by atoms with van der Waals surface area (Å²) in [6.45, 7) is 13.3. The van der Waals surface area contributed by atoms with Crippen molar-refractivity contribution in [1.29, 1.82) is 0 Å². The van der Waals surface area contributed by atoms with Crippen molar-refractivity contribution in [1.82, 2.24) is 0 Å². The first kappa shape index (κ1) is 14.2. The third-order valence-electron chi connectivity index (χ3n) is 2.52. The van der Waals surface area contributed by atoms with Crippen molar-refractivity contribution in [2.24, 2.45) is 5.41 Å². The molecule has 86 valence electrons. The minimum atomic E-state index is 0.260. The minimum Gasteiger partial charge on any atom is -0.0884 e. The third kappa shape index (κ3) is 6.33. The summed E-state index contributed by atoms with van der Waals surface area (Å²) >= 11 is 0. The molecule has 0 spiro atoms. The summed E-state index contributed by atoms with van der Waals surface area (Å²) < 4.78 is 0. The molecule has 0 aliphatic carbocycles. The van der Waals surface area contributed by atoms with Crippen LogP contribution in [0.25, 0.3) is 0 Å². The van der Waals surface area contributed by atoms with E-state index in [2.05, 4.69) is 65.8 Å². The van der Waals surface area contributed by atoms with Gasteiger partial charge in [0.2, 0.25) is 0 Å². The van der Waals surface area contributed by atoms with E-state index in [4.69, 9.17) is 0 Å². The van der Waals surface area contributed by atoms with Crippen LogP contribution in [0.3, 0.4) is 0 Å². The molecule has 0 bridgehead atoms. The van der Waals surface area contributed by atoms with Gasteiger partial charge < -0.3 is 0 Å². The topological polar surface area (TPSA) is 0 Å². The number of allylic oxidation sites excluding steroid dienone is 6. The maximum absolute atomic E-state index is 2.32. The molecule has 0 rings (SSSR count). The van der Waals surface area contributed by atoms with Gasteiger partial charge in [-0.2, -0.15) is 0 Å². The zero-order valence-electron chi connectivity index (χ0n) is 11.2. The van der Waals surface area contributed by atoms with E-state index in [9.17, 15) is 0 Å². The van der Waals surface area contributed by atoms with Gasteiger partial charge in [0, 0.05) is 0 Å². The smallest absolute Gasteiger partial charge is 0.0135 e. The second-order valence-corrected chi connectivity index (χ2v) is 5.06. The normalized spacial score (nSPS) is 15.1. The Kier molecular flexibility index (Phi) is 6.31. The first-order valence-electron chi connectivity index (χ1n) is 5.90. The summed E-state index contributed by atoms with van der Waals surface area (Å²) in [5.41, 5.74) is 3.13. The van der Waals surface area contributed by atoms with Crippen molar-refractivity contribution >= 4 is 0 Å². The number of hydrogen-bond donors (Lipinski definition) is 0. The summed E-state index contributed by atoms with van der Waals surface area (Å²) in [6.07, 6.45) is 11.2. The number of hydrogen-bond acceptors (Lipinski definition) is 0. The molecule has 0 radical (unpaired) electrons. The summed E-state index contributed by atoms with van der Waals surface area (Å²) in [4.78, 5) is 0.